The maximum absolute atomic E-state index is 11.1. The second-order valence-corrected chi connectivity index (χ2v) is 3.80. The smallest absolute Gasteiger partial charge is 0.227 e. The van der Waals surface area contributed by atoms with Gasteiger partial charge in [-0.05, 0) is 13.3 Å². The molecule has 0 aliphatic heterocycles. The van der Waals surface area contributed by atoms with Crippen LogP contribution in [-0.2, 0) is 4.79 Å². The molecule has 2 nitrogen and oxygen atoms in total. The third-order valence-electron chi connectivity index (χ3n) is 2.56. The standard InChI is InChI=1S/C11H21NO/c1-4-6-7-8-9-11(3,5-2)10(12)13/h5H,2,4,6-9H2,1,3H3,(H2,12,13). The fourth-order valence-electron chi connectivity index (χ4n) is 1.24. The number of hydrogen-bond donors (Lipinski definition) is 1. The van der Waals surface area contributed by atoms with E-state index in [0.29, 0.717) is 0 Å². The van der Waals surface area contributed by atoms with E-state index in [1.54, 1.807) is 6.08 Å². The van der Waals surface area contributed by atoms with Crippen LogP contribution in [0, 0.1) is 5.41 Å². The van der Waals surface area contributed by atoms with Gasteiger partial charge in [0.25, 0.3) is 0 Å². The van der Waals surface area contributed by atoms with Gasteiger partial charge in [-0.15, -0.1) is 6.58 Å². The van der Waals surface area contributed by atoms with Gasteiger partial charge in [-0.25, -0.2) is 0 Å². The van der Waals surface area contributed by atoms with E-state index in [-0.39, 0.29) is 5.91 Å². The van der Waals surface area contributed by atoms with Gasteiger partial charge in [-0.2, -0.15) is 0 Å². The molecule has 0 fully saturated rings. The topological polar surface area (TPSA) is 43.1 Å². The molecule has 0 saturated heterocycles. The van der Waals surface area contributed by atoms with Crippen molar-refractivity contribution in [3.63, 3.8) is 0 Å². The summed E-state index contributed by atoms with van der Waals surface area (Å²) in [4.78, 5) is 11.1. The molecule has 76 valence electrons. The number of carbonyl (C=O) groups excluding carboxylic acids is 1. The van der Waals surface area contributed by atoms with Gasteiger partial charge in [0, 0.05) is 0 Å². The molecule has 13 heavy (non-hydrogen) atoms. The van der Waals surface area contributed by atoms with Crippen LogP contribution in [0.5, 0.6) is 0 Å². The highest BCUT2D eigenvalue weighted by molar-refractivity contribution is 5.82. The van der Waals surface area contributed by atoms with E-state index in [2.05, 4.69) is 13.5 Å². The summed E-state index contributed by atoms with van der Waals surface area (Å²) >= 11 is 0. The largest absolute Gasteiger partial charge is 0.369 e. The minimum absolute atomic E-state index is 0.265. The van der Waals surface area contributed by atoms with Crippen LogP contribution in [0.3, 0.4) is 0 Å². The average molecular weight is 183 g/mol. The molecule has 0 aromatic rings. The van der Waals surface area contributed by atoms with Crippen LogP contribution in [0.1, 0.15) is 46.0 Å². The summed E-state index contributed by atoms with van der Waals surface area (Å²) in [6.07, 6.45) is 7.16. The van der Waals surface area contributed by atoms with Crippen molar-refractivity contribution in [1.82, 2.24) is 0 Å². The summed E-state index contributed by atoms with van der Waals surface area (Å²) in [5, 5.41) is 0. The molecule has 0 rings (SSSR count). The minimum Gasteiger partial charge on any atom is -0.369 e. The van der Waals surface area contributed by atoms with Crippen LogP contribution in [0.2, 0.25) is 0 Å². The molecule has 0 aromatic heterocycles. The van der Waals surface area contributed by atoms with Crippen molar-refractivity contribution in [1.29, 1.82) is 0 Å². The molecular formula is C11H21NO. The first-order valence-corrected chi connectivity index (χ1v) is 5.00. The van der Waals surface area contributed by atoms with E-state index in [1.807, 2.05) is 6.92 Å². The Morgan fingerprint density at radius 1 is 1.46 bits per heavy atom. The summed E-state index contributed by atoms with van der Waals surface area (Å²) in [6.45, 7) is 7.67. The third-order valence-corrected chi connectivity index (χ3v) is 2.56. The zero-order valence-electron chi connectivity index (χ0n) is 8.81. The number of primary amides is 1. The quantitative estimate of drug-likeness (QED) is 0.478. The maximum atomic E-state index is 11.1. The molecular weight excluding hydrogens is 162 g/mol. The van der Waals surface area contributed by atoms with Crippen molar-refractivity contribution < 1.29 is 4.79 Å². The summed E-state index contributed by atoms with van der Waals surface area (Å²) < 4.78 is 0. The van der Waals surface area contributed by atoms with E-state index < -0.39 is 5.41 Å². The first-order valence-electron chi connectivity index (χ1n) is 5.00. The molecule has 1 amide bonds. The monoisotopic (exact) mass is 183 g/mol. The van der Waals surface area contributed by atoms with Gasteiger partial charge in [0.05, 0.1) is 5.41 Å². The molecule has 2 N–H and O–H groups in total. The highest BCUT2D eigenvalue weighted by Crippen LogP contribution is 2.25. The molecule has 2 heteroatoms. The van der Waals surface area contributed by atoms with Crippen molar-refractivity contribution >= 4 is 5.91 Å². The number of amides is 1. The van der Waals surface area contributed by atoms with E-state index >= 15 is 0 Å². The summed E-state index contributed by atoms with van der Waals surface area (Å²) in [7, 11) is 0. The maximum Gasteiger partial charge on any atom is 0.227 e. The SMILES string of the molecule is C=CC(C)(CCCCCC)C(N)=O. The van der Waals surface area contributed by atoms with Crippen molar-refractivity contribution in [2.45, 2.75) is 46.0 Å². The Balaban J connectivity index is 3.85. The first-order chi connectivity index (χ1) is 6.06. The Morgan fingerprint density at radius 3 is 2.46 bits per heavy atom. The van der Waals surface area contributed by atoms with Crippen molar-refractivity contribution in [2.75, 3.05) is 0 Å². The van der Waals surface area contributed by atoms with E-state index in [1.165, 1.54) is 19.3 Å². The van der Waals surface area contributed by atoms with E-state index in [9.17, 15) is 4.79 Å². The summed E-state index contributed by atoms with van der Waals surface area (Å²) in [5.41, 5.74) is 4.78. The summed E-state index contributed by atoms with van der Waals surface area (Å²) in [6, 6.07) is 0. The molecule has 0 radical (unpaired) electrons. The fraction of sp³-hybridized carbons (Fsp3) is 0.727. The number of nitrogens with two attached hydrogens (primary N) is 1. The lowest BCUT2D eigenvalue weighted by atomic mass is 9.84. The average Bonchev–Trinajstić information content (AvgIpc) is 2.12. The van der Waals surface area contributed by atoms with Gasteiger partial charge in [0.1, 0.15) is 0 Å². The lowest BCUT2D eigenvalue weighted by molar-refractivity contribution is -0.124. The molecule has 1 unspecified atom stereocenters. The van der Waals surface area contributed by atoms with Crippen molar-refractivity contribution in [3.05, 3.63) is 12.7 Å². The Labute approximate surface area is 81.2 Å². The second-order valence-electron chi connectivity index (χ2n) is 3.80. The molecule has 0 aromatic carbocycles. The van der Waals surface area contributed by atoms with E-state index in [0.717, 1.165) is 12.8 Å². The Bertz CT molecular complexity index is 177. The predicted octanol–water partition coefficient (Wildman–Crippen LogP) is 2.63. The predicted molar refractivity (Wildman–Crippen MR) is 56.3 cm³/mol. The molecule has 0 aliphatic carbocycles. The highest BCUT2D eigenvalue weighted by atomic mass is 16.1. The van der Waals surface area contributed by atoms with E-state index in [4.69, 9.17) is 5.73 Å². The van der Waals surface area contributed by atoms with Gasteiger partial charge in [-0.1, -0.05) is 38.7 Å². The molecule has 0 heterocycles. The van der Waals surface area contributed by atoms with Crippen LogP contribution < -0.4 is 5.73 Å². The molecule has 1 atom stereocenters. The van der Waals surface area contributed by atoms with Gasteiger partial charge >= 0.3 is 0 Å². The zero-order valence-corrected chi connectivity index (χ0v) is 8.81. The molecule has 0 saturated carbocycles. The lowest BCUT2D eigenvalue weighted by Crippen LogP contribution is -2.32. The van der Waals surface area contributed by atoms with Crippen LogP contribution in [0.15, 0.2) is 12.7 Å². The first kappa shape index (κ1) is 12.2. The Kier molecular flexibility index (Phi) is 5.44. The van der Waals surface area contributed by atoms with Gasteiger partial charge in [0.2, 0.25) is 5.91 Å². The van der Waals surface area contributed by atoms with Crippen molar-refractivity contribution in [2.24, 2.45) is 11.1 Å². The van der Waals surface area contributed by atoms with Crippen molar-refractivity contribution in [3.8, 4) is 0 Å². The fourth-order valence-corrected chi connectivity index (χ4v) is 1.24. The van der Waals surface area contributed by atoms with Crippen LogP contribution in [0.4, 0.5) is 0 Å². The number of rotatable bonds is 7. The molecule has 0 aliphatic rings. The Morgan fingerprint density at radius 2 is 2.08 bits per heavy atom. The molecule has 0 bridgehead atoms. The zero-order chi connectivity index (χ0) is 10.3. The number of carbonyl (C=O) groups is 1. The number of unbranched alkanes of at least 4 members (excludes halogenated alkanes) is 3. The van der Waals surface area contributed by atoms with Crippen LogP contribution in [-0.4, -0.2) is 5.91 Å². The van der Waals surface area contributed by atoms with Gasteiger partial charge < -0.3 is 5.73 Å². The van der Waals surface area contributed by atoms with Gasteiger partial charge in [-0.3, -0.25) is 4.79 Å². The minimum atomic E-state index is -0.506. The number of hydrogen-bond acceptors (Lipinski definition) is 1. The Hall–Kier alpha value is -0.790. The lowest BCUT2D eigenvalue weighted by Gasteiger charge is -2.21. The molecule has 0 spiro atoms. The highest BCUT2D eigenvalue weighted by Gasteiger charge is 2.26. The van der Waals surface area contributed by atoms with Crippen LogP contribution >= 0.6 is 0 Å². The second kappa shape index (κ2) is 5.79. The third kappa shape index (κ3) is 4.11. The van der Waals surface area contributed by atoms with Gasteiger partial charge in [0.15, 0.2) is 0 Å². The summed E-state index contributed by atoms with van der Waals surface area (Å²) in [5.74, 6) is -0.265. The normalized spacial score (nSPS) is 14.9. The van der Waals surface area contributed by atoms with Crippen LogP contribution in [0.25, 0.3) is 0 Å².